The molecule has 2 aromatic rings. The van der Waals surface area contributed by atoms with Gasteiger partial charge >= 0.3 is 0 Å². The van der Waals surface area contributed by atoms with Gasteiger partial charge in [-0.05, 0) is 31.9 Å². The predicted molar refractivity (Wildman–Crippen MR) is 84.4 cm³/mol. The Kier molecular flexibility index (Phi) is 4.11. The number of amides is 1. The van der Waals surface area contributed by atoms with Crippen molar-refractivity contribution in [3.63, 3.8) is 0 Å². The Morgan fingerprint density at radius 2 is 2.18 bits per heavy atom. The van der Waals surface area contributed by atoms with Gasteiger partial charge in [0.25, 0.3) is 0 Å². The number of aromatic nitrogens is 3. The molecule has 1 saturated heterocycles. The van der Waals surface area contributed by atoms with Crippen molar-refractivity contribution in [3.8, 4) is 0 Å². The highest BCUT2D eigenvalue weighted by Gasteiger charge is 2.30. The van der Waals surface area contributed by atoms with E-state index in [0.717, 1.165) is 30.9 Å². The Labute approximate surface area is 130 Å². The molecule has 3 rings (SSSR count). The van der Waals surface area contributed by atoms with Gasteiger partial charge in [-0.2, -0.15) is 0 Å². The molecule has 1 aliphatic rings. The zero-order valence-electron chi connectivity index (χ0n) is 13.1. The molecular formula is C16H23N5O. The van der Waals surface area contributed by atoms with Crippen LogP contribution in [0.4, 0.5) is 0 Å². The second-order valence-electron chi connectivity index (χ2n) is 6.26. The maximum atomic E-state index is 12.5. The molecule has 0 aromatic carbocycles. The monoisotopic (exact) mass is 301 g/mol. The maximum Gasteiger partial charge on any atom is 0.226 e. The molecule has 0 aliphatic carbocycles. The van der Waals surface area contributed by atoms with Crippen LogP contribution in [-0.4, -0.2) is 44.5 Å². The number of hydrogen-bond acceptors (Lipinski definition) is 4. The van der Waals surface area contributed by atoms with Gasteiger partial charge in [-0.15, -0.1) is 10.2 Å². The smallest absolute Gasteiger partial charge is 0.226 e. The molecule has 3 atom stereocenters. The van der Waals surface area contributed by atoms with Crippen LogP contribution in [0.3, 0.4) is 0 Å². The van der Waals surface area contributed by atoms with Crippen molar-refractivity contribution in [2.45, 2.75) is 38.6 Å². The quantitative estimate of drug-likeness (QED) is 0.930. The number of rotatable bonds is 3. The van der Waals surface area contributed by atoms with E-state index in [2.05, 4.69) is 10.2 Å². The van der Waals surface area contributed by atoms with Gasteiger partial charge in [-0.1, -0.05) is 13.0 Å². The highest BCUT2D eigenvalue weighted by molar-refractivity contribution is 5.79. The molecule has 0 bridgehead atoms. The lowest BCUT2D eigenvalue weighted by molar-refractivity contribution is -0.136. The number of piperidine rings is 1. The Hall–Kier alpha value is -1.95. The van der Waals surface area contributed by atoms with Gasteiger partial charge < -0.3 is 10.6 Å². The molecule has 1 aliphatic heterocycles. The van der Waals surface area contributed by atoms with Crippen LogP contribution in [0.1, 0.15) is 38.4 Å². The van der Waals surface area contributed by atoms with Crippen molar-refractivity contribution in [1.82, 2.24) is 19.5 Å². The minimum absolute atomic E-state index is 0.123. The van der Waals surface area contributed by atoms with Crippen molar-refractivity contribution < 1.29 is 4.79 Å². The summed E-state index contributed by atoms with van der Waals surface area (Å²) in [5.74, 6) is 1.18. The Bertz CT molecular complexity index is 665. The Morgan fingerprint density at radius 3 is 2.95 bits per heavy atom. The molecular weight excluding hydrogens is 278 g/mol. The average Bonchev–Trinajstić information content (AvgIpc) is 2.97. The summed E-state index contributed by atoms with van der Waals surface area (Å²) in [7, 11) is 0. The first kappa shape index (κ1) is 15.0. The van der Waals surface area contributed by atoms with Gasteiger partial charge in [0.1, 0.15) is 5.82 Å². The van der Waals surface area contributed by atoms with Crippen molar-refractivity contribution in [2.24, 2.45) is 11.7 Å². The Balaban J connectivity index is 1.80. The van der Waals surface area contributed by atoms with Crippen LogP contribution in [0, 0.1) is 5.92 Å². The van der Waals surface area contributed by atoms with Crippen LogP contribution in [-0.2, 0) is 4.79 Å². The second-order valence-corrected chi connectivity index (χ2v) is 6.26. The highest BCUT2D eigenvalue weighted by atomic mass is 16.2. The Morgan fingerprint density at radius 1 is 1.36 bits per heavy atom. The topological polar surface area (TPSA) is 76.5 Å². The molecule has 0 radical (unpaired) electrons. The SMILES string of the molecule is CC(N)C(C)C(=O)N1CCCC(c2nnc3ccccn23)C1. The van der Waals surface area contributed by atoms with Gasteiger partial charge in [0.15, 0.2) is 5.65 Å². The minimum Gasteiger partial charge on any atom is -0.342 e. The fourth-order valence-electron chi connectivity index (χ4n) is 3.04. The maximum absolute atomic E-state index is 12.5. The summed E-state index contributed by atoms with van der Waals surface area (Å²) in [4.78, 5) is 14.5. The van der Waals surface area contributed by atoms with Gasteiger partial charge in [0.05, 0.1) is 5.92 Å². The summed E-state index contributed by atoms with van der Waals surface area (Å²) < 4.78 is 2.02. The molecule has 1 amide bonds. The number of nitrogens with zero attached hydrogens (tertiary/aromatic N) is 4. The first-order chi connectivity index (χ1) is 10.6. The molecule has 6 nitrogen and oxygen atoms in total. The van der Waals surface area contributed by atoms with Crippen LogP contribution in [0.15, 0.2) is 24.4 Å². The fraction of sp³-hybridized carbons (Fsp3) is 0.562. The third kappa shape index (κ3) is 2.70. The van der Waals surface area contributed by atoms with E-state index in [1.807, 2.05) is 47.5 Å². The van der Waals surface area contributed by atoms with Crippen molar-refractivity contribution in [2.75, 3.05) is 13.1 Å². The lowest BCUT2D eigenvalue weighted by atomic mass is 9.94. The van der Waals surface area contributed by atoms with Crippen molar-refractivity contribution in [3.05, 3.63) is 30.2 Å². The van der Waals surface area contributed by atoms with Gasteiger partial charge in [0, 0.05) is 31.2 Å². The van der Waals surface area contributed by atoms with Gasteiger partial charge in [0.2, 0.25) is 5.91 Å². The van der Waals surface area contributed by atoms with Crippen molar-refractivity contribution >= 4 is 11.6 Å². The van der Waals surface area contributed by atoms with E-state index in [0.29, 0.717) is 6.54 Å². The molecule has 3 heterocycles. The summed E-state index contributed by atoms with van der Waals surface area (Å²) in [5, 5.41) is 8.56. The normalized spacial score (nSPS) is 21.8. The first-order valence-electron chi connectivity index (χ1n) is 7.92. The molecule has 0 saturated carbocycles. The first-order valence-corrected chi connectivity index (χ1v) is 7.92. The standard InChI is InChI=1S/C16H23N5O/c1-11(12(2)17)16(22)20-8-5-6-13(10-20)15-19-18-14-7-3-4-9-21(14)15/h3-4,7,9,11-13H,5-6,8,10,17H2,1-2H3. The average molecular weight is 301 g/mol. The van der Waals surface area contributed by atoms with E-state index in [-0.39, 0.29) is 23.8 Å². The molecule has 0 spiro atoms. The third-order valence-corrected chi connectivity index (χ3v) is 4.62. The van der Waals surface area contributed by atoms with Crippen LogP contribution in [0.5, 0.6) is 0 Å². The largest absolute Gasteiger partial charge is 0.342 e. The number of fused-ring (bicyclic) bond motifs is 1. The lowest BCUT2D eigenvalue weighted by Crippen LogP contribution is -2.45. The molecule has 2 N–H and O–H groups in total. The van der Waals surface area contributed by atoms with E-state index in [4.69, 9.17) is 5.73 Å². The van der Waals surface area contributed by atoms with E-state index in [9.17, 15) is 4.79 Å². The van der Waals surface area contributed by atoms with Gasteiger partial charge in [-0.25, -0.2) is 0 Å². The number of carbonyl (C=O) groups is 1. The summed E-state index contributed by atoms with van der Waals surface area (Å²) in [6.07, 6.45) is 4.01. The van der Waals surface area contributed by atoms with Gasteiger partial charge in [-0.3, -0.25) is 9.20 Å². The molecule has 22 heavy (non-hydrogen) atoms. The zero-order valence-corrected chi connectivity index (χ0v) is 13.1. The van der Waals surface area contributed by atoms with E-state index in [1.165, 1.54) is 0 Å². The third-order valence-electron chi connectivity index (χ3n) is 4.62. The fourth-order valence-corrected chi connectivity index (χ4v) is 3.04. The lowest BCUT2D eigenvalue weighted by Gasteiger charge is -2.34. The van der Waals surface area contributed by atoms with Crippen LogP contribution < -0.4 is 5.73 Å². The molecule has 6 heteroatoms. The molecule has 3 unspecified atom stereocenters. The number of nitrogens with two attached hydrogens (primary N) is 1. The number of carbonyl (C=O) groups excluding carboxylic acids is 1. The van der Waals surface area contributed by atoms with Crippen molar-refractivity contribution in [1.29, 1.82) is 0 Å². The van der Waals surface area contributed by atoms with E-state index in [1.54, 1.807) is 0 Å². The van der Waals surface area contributed by atoms with Crippen LogP contribution in [0.25, 0.3) is 5.65 Å². The number of likely N-dealkylation sites (tertiary alicyclic amines) is 1. The zero-order chi connectivity index (χ0) is 15.7. The van der Waals surface area contributed by atoms with E-state index < -0.39 is 0 Å². The summed E-state index contributed by atoms with van der Waals surface area (Å²) in [5.41, 5.74) is 6.72. The van der Waals surface area contributed by atoms with Crippen LogP contribution in [0.2, 0.25) is 0 Å². The van der Waals surface area contributed by atoms with E-state index >= 15 is 0 Å². The number of hydrogen-bond donors (Lipinski definition) is 1. The van der Waals surface area contributed by atoms with Crippen LogP contribution >= 0.6 is 0 Å². The molecule has 2 aromatic heterocycles. The highest BCUT2D eigenvalue weighted by Crippen LogP contribution is 2.27. The molecule has 118 valence electrons. The summed E-state index contributed by atoms with van der Waals surface area (Å²) in [6.45, 7) is 5.30. The second kappa shape index (κ2) is 6.04. The summed E-state index contributed by atoms with van der Waals surface area (Å²) in [6, 6.07) is 5.75. The minimum atomic E-state index is -0.145. The predicted octanol–water partition coefficient (Wildman–Crippen LogP) is 1.42. The number of pyridine rings is 1. The molecule has 1 fully saturated rings. The summed E-state index contributed by atoms with van der Waals surface area (Å²) >= 11 is 0.